The molecule has 3 aromatic carbocycles. The van der Waals surface area contributed by atoms with E-state index in [2.05, 4.69) is 5.32 Å². The van der Waals surface area contributed by atoms with Gasteiger partial charge in [-0.05, 0) is 61.4 Å². The van der Waals surface area contributed by atoms with E-state index >= 15 is 0 Å². The molecule has 3 aliphatic rings. The van der Waals surface area contributed by atoms with E-state index in [-0.39, 0.29) is 28.1 Å². The quantitative estimate of drug-likeness (QED) is 0.442. The first-order valence-electron chi connectivity index (χ1n) is 11.7. The number of benzene rings is 3. The van der Waals surface area contributed by atoms with E-state index in [9.17, 15) is 14.4 Å². The first-order chi connectivity index (χ1) is 17.2. The van der Waals surface area contributed by atoms with Crippen LogP contribution in [0.15, 0.2) is 66.7 Å². The maximum absolute atomic E-state index is 14.4. The van der Waals surface area contributed by atoms with E-state index in [0.29, 0.717) is 16.3 Å². The van der Waals surface area contributed by atoms with Crippen LogP contribution in [0.5, 0.6) is 0 Å². The fourth-order valence-corrected chi connectivity index (χ4v) is 6.81. The van der Waals surface area contributed by atoms with Gasteiger partial charge in [-0.2, -0.15) is 0 Å². The van der Waals surface area contributed by atoms with E-state index in [4.69, 9.17) is 23.2 Å². The number of hydrogen-bond donors (Lipinski definition) is 1. The van der Waals surface area contributed by atoms with Crippen molar-refractivity contribution in [2.24, 2.45) is 5.92 Å². The number of rotatable bonds is 3. The molecule has 4 unspecified atom stereocenters. The predicted molar refractivity (Wildman–Crippen MR) is 142 cm³/mol. The van der Waals surface area contributed by atoms with Gasteiger partial charge in [-0.15, -0.1) is 0 Å². The van der Waals surface area contributed by atoms with Crippen LogP contribution in [0.2, 0.25) is 10.0 Å². The van der Waals surface area contributed by atoms with Gasteiger partial charge < -0.3 is 10.2 Å². The zero-order chi connectivity index (χ0) is 25.4. The van der Waals surface area contributed by atoms with Crippen LogP contribution >= 0.6 is 23.2 Å². The number of halogens is 2. The number of nitrogens with one attached hydrogen (secondary N) is 1. The summed E-state index contributed by atoms with van der Waals surface area (Å²) in [6.07, 6.45) is 3.94. The lowest BCUT2D eigenvalue weighted by molar-refractivity contribution is -0.122. The Labute approximate surface area is 218 Å². The molecular formula is C29H22Cl2N2O3. The highest BCUT2D eigenvalue weighted by atomic mass is 35.5. The van der Waals surface area contributed by atoms with Crippen molar-refractivity contribution in [1.82, 2.24) is 0 Å². The molecule has 5 nitrogen and oxygen atoms in total. The largest absolute Gasteiger partial charge is 0.352 e. The number of hydrogen-bond acceptors (Lipinski definition) is 4. The van der Waals surface area contributed by atoms with Gasteiger partial charge in [0, 0.05) is 22.0 Å². The Hall–Kier alpha value is -3.41. The number of fused-ring (bicyclic) bond motifs is 6. The van der Waals surface area contributed by atoms with Crippen LogP contribution < -0.4 is 10.2 Å². The first kappa shape index (κ1) is 23.0. The molecule has 180 valence electrons. The van der Waals surface area contributed by atoms with Crippen LogP contribution in [0, 0.1) is 12.8 Å². The van der Waals surface area contributed by atoms with E-state index in [1.165, 1.54) is 13.0 Å². The van der Waals surface area contributed by atoms with Gasteiger partial charge in [-0.1, -0.05) is 65.2 Å². The number of carbonyl (C=O) groups excluding carboxylic acids is 3. The number of amides is 1. The molecule has 1 saturated heterocycles. The number of nitrogens with zero attached hydrogens (tertiary/aromatic N) is 1. The molecule has 0 aliphatic carbocycles. The number of para-hydroxylation sites is 1. The van der Waals surface area contributed by atoms with Crippen molar-refractivity contribution in [3.8, 4) is 0 Å². The molecule has 4 atom stereocenters. The molecule has 3 aliphatic heterocycles. The molecule has 0 aromatic heterocycles. The average molecular weight is 517 g/mol. The Balaban J connectivity index is 1.66. The summed E-state index contributed by atoms with van der Waals surface area (Å²) in [5.41, 5.74) is 3.11. The molecule has 1 fully saturated rings. The van der Waals surface area contributed by atoms with E-state index in [1.54, 1.807) is 12.1 Å². The molecule has 7 heteroatoms. The number of aryl methyl sites for hydroxylation is 1. The number of carbonyl (C=O) groups is 3. The molecule has 1 amide bonds. The second-order valence-electron chi connectivity index (χ2n) is 9.66. The lowest BCUT2D eigenvalue weighted by Gasteiger charge is -2.37. The third kappa shape index (κ3) is 2.99. The van der Waals surface area contributed by atoms with E-state index in [0.717, 1.165) is 16.8 Å². The van der Waals surface area contributed by atoms with Gasteiger partial charge >= 0.3 is 0 Å². The monoisotopic (exact) mass is 516 g/mol. The van der Waals surface area contributed by atoms with Crippen molar-refractivity contribution in [2.75, 3.05) is 10.2 Å². The Morgan fingerprint density at radius 2 is 1.81 bits per heavy atom. The summed E-state index contributed by atoms with van der Waals surface area (Å²) in [5.74, 6) is -1.87. The number of ketones is 2. The summed E-state index contributed by atoms with van der Waals surface area (Å²) in [4.78, 5) is 43.8. The Kier molecular flexibility index (Phi) is 5.15. The van der Waals surface area contributed by atoms with Gasteiger partial charge in [0.05, 0.1) is 23.0 Å². The molecule has 0 bridgehead atoms. The normalized spacial score (nSPS) is 25.4. The van der Waals surface area contributed by atoms with Gasteiger partial charge in [0.15, 0.2) is 11.6 Å². The zero-order valence-electron chi connectivity index (χ0n) is 19.6. The molecule has 1 N–H and O–H groups in total. The first-order valence-corrected chi connectivity index (χ1v) is 12.5. The fraction of sp³-hybridized carbons (Fsp3) is 0.207. The molecule has 3 aromatic rings. The highest BCUT2D eigenvalue weighted by molar-refractivity contribution is 6.37. The lowest BCUT2D eigenvalue weighted by atomic mass is 9.64. The summed E-state index contributed by atoms with van der Waals surface area (Å²) in [5, 5.41) is 3.58. The summed E-state index contributed by atoms with van der Waals surface area (Å²) in [6.45, 7) is 3.49. The standard InChI is InChI=1S/C29H22Cl2N2O3/c1-15-7-11-23-17(13-15)8-12-24-29(20-5-3-4-6-22(20)32-28(29)36)25(26(16(2)34)33(23)24)27(35)19-10-9-18(30)14-21(19)31/h3-14,24-26H,1-2H3,(H,32,36). The summed E-state index contributed by atoms with van der Waals surface area (Å²) in [7, 11) is 0. The molecule has 0 radical (unpaired) electrons. The smallest absolute Gasteiger partial charge is 0.238 e. The molecular weight excluding hydrogens is 495 g/mol. The molecule has 6 rings (SSSR count). The van der Waals surface area contributed by atoms with Crippen LogP contribution in [0.4, 0.5) is 11.4 Å². The van der Waals surface area contributed by atoms with Crippen molar-refractivity contribution < 1.29 is 14.4 Å². The Morgan fingerprint density at radius 1 is 1.03 bits per heavy atom. The minimum absolute atomic E-state index is 0.188. The maximum atomic E-state index is 14.4. The fourth-order valence-electron chi connectivity index (χ4n) is 6.31. The van der Waals surface area contributed by atoms with Crippen LogP contribution in [-0.2, 0) is 15.0 Å². The molecule has 1 spiro atoms. The van der Waals surface area contributed by atoms with Gasteiger partial charge in [0.25, 0.3) is 0 Å². The van der Waals surface area contributed by atoms with Crippen molar-refractivity contribution in [1.29, 1.82) is 0 Å². The minimum Gasteiger partial charge on any atom is -0.352 e. The summed E-state index contributed by atoms with van der Waals surface area (Å²) >= 11 is 12.6. The van der Waals surface area contributed by atoms with Crippen LogP contribution in [0.25, 0.3) is 6.08 Å². The highest BCUT2D eigenvalue weighted by Gasteiger charge is 2.69. The van der Waals surface area contributed by atoms with Gasteiger partial charge in [0.1, 0.15) is 5.41 Å². The van der Waals surface area contributed by atoms with Gasteiger partial charge in [-0.3, -0.25) is 14.4 Å². The highest BCUT2D eigenvalue weighted by Crippen LogP contribution is 2.58. The van der Waals surface area contributed by atoms with Crippen LogP contribution in [-0.4, -0.2) is 29.6 Å². The van der Waals surface area contributed by atoms with E-state index < -0.39 is 23.4 Å². The lowest BCUT2D eigenvalue weighted by Crippen LogP contribution is -2.51. The third-order valence-electron chi connectivity index (χ3n) is 7.68. The predicted octanol–water partition coefficient (Wildman–Crippen LogP) is 5.86. The topological polar surface area (TPSA) is 66.5 Å². The van der Waals surface area contributed by atoms with Crippen LogP contribution in [0.1, 0.15) is 34.0 Å². The molecule has 36 heavy (non-hydrogen) atoms. The second-order valence-corrected chi connectivity index (χ2v) is 10.5. The molecule has 0 saturated carbocycles. The summed E-state index contributed by atoms with van der Waals surface area (Å²) in [6, 6.07) is 16.6. The van der Waals surface area contributed by atoms with Gasteiger partial charge in [-0.25, -0.2) is 0 Å². The molecule has 3 heterocycles. The Morgan fingerprint density at radius 3 is 2.56 bits per heavy atom. The van der Waals surface area contributed by atoms with Crippen molar-refractivity contribution in [3.05, 3.63) is 99.0 Å². The zero-order valence-corrected chi connectivity index (χ0v) is 21.1. The van der Waals surface area contributed by atoms with Crippen LogP contribution in [0.3, 0.4) is 0 Å². The van der Waals surface area contributed by atoms with E-state index in [1.807, 2.05) is 66.4 Å². The van der Waals surface area contributed by atoms with Gasteiger partial charge in [0.2, 0.25) is 5.91 Å². The maximum Gasteiger partial charge on any atom is 0.238 e. The van der Waals surface area contributed by atoms with Crippen molar-refractivity contribution >= 4 is 58.1 Å². The number of anilines is 2. The SMILES string of the molecule is CC(=O)C1C(C(=O)c2ccc(Cl)cc2Cl)C2(C(=O)Nc3ccccc32)C2C=Cc3cc(C)ccc3N12. The van der Waals surface area contributed by atoms with Crippen molar-refractivity contribution in [3.63, 3.8) is 0 Å². The second kappa shape index (κ2) is 8.05. The number of Topliss-reactive ketones (excluding diaryl/α,β-unsaturated/α-hetero) is 2. The Bertz CT molecular complexity index is 1510. The minimum atomic E-state index is -1.33. The average Bonchev–Trinajstić information content (AvgIpc) is 3.31. The van der Waals surface area contributed by atoms with Crippen molar-refractivity contribution in [2.45, 2.75) is 31.3 Å². The summed E-state index contributed by atoms with van der Waals surface area (Å²) < 4.78 is 0. The third-order valence-corrected chi connectivity index (χ3v) is 8.23.